The fourth-order valence-corrected chi connectivity index (χ4v) is 4.04. The third-order valence-electron chi connectivity index (χ3n) is 5.73. The Morgan fingerprint density at radius 1 is 1.00 bits per heavy atom. The van der Waals surface area contributed by atoms with E-state index in [1.807, 2.05) is 29.4 Å². The van der Waals surface area contributed by atoms with Gasteiger partial charge in [0.15, 0.2) is 0 Å². The van der Waals surface area contributed by atoms with E-state index in [2.05, 4.69) is 52.1 Å². The minimum Gasteiger partial charge on any atom is -0.368 e. The van der Waals surface area contributed by atoms with Crippen LogP contribution in [0.15, 0.2) is 54.9 Å². The molecule has 2 aromatic heterocycles. The molecule has 1 saturated heterocycles. The largest absolute Gasteiger partial charge is 0.368 e. The number of carbonyl (C=O) groups is 1. The highest BCUT2D eigenvalue weighted by molar-refractivity contribution is 5.82. The lowest BCUT2D eigenvalue weighted by Gasteiger charge is -2.36. The third kappa shape index (κ3) is 4.56. The van der Waals surface area contributed by atoms with Gasteiger partial charge in [0.1, 0.15) is 0 Å². The topological polar surface area (TPSA) is 49.3 Å². The Morgan fingerprint density at radius 3 is 2.69 bits per heavy atom. The van der Waals surface area contributed by atoms with Crippen molar-refractivity contribution < 1.29 is 4.79 Å². The molecule has 0 saturated carbocycles. The van der Waals surface area contributed by atoms with E-state index in [-0.39, 0.29) is 5.91 Å². The van der Waals surface area contributed by atoms with E-state index in [1.165, 1.54) is 16.6 Å². The molecule has 29 heavy (non-hydrogen) atoms. The van der Waals surface area contributed by atoms with Crippen molar-refractivity contribution >= 4 is 22.5 Å². The molecule has 1 fully saturated rings. The van der Waals surface area contributed by atoms with E-state index >= 15 is 0 Å². The second kappa shape index (κ2) is 9.03. The number of benzene rings is 1. The van der Waals surface area contributed by atoms with Crippen LogP contribution in [0.5, 0.6) is 0 Å². The molecule has 3 heterocycles. The summed E-state index contributed by atoms with van der Waals surface area (Å²) in [6.07, 6.45) is 7.03. The molecule has 1 aromatic carbocycles. The number of piperazine rings is 1. The summed E-state index contributed by atoms with van der Waals surface area (Å²) in [5.74, 6) is 0.270. The van der Waals surface area contributed by atoms with Crippen LogP contribution < -0.4 is 4.90 Å². The monoisotopic (exact) mass is 388 g/mol. The standard InChI is InChI=1S/C24H28N4O/c1-2-20-18-21(11-13-25-20)27-14-16-28(17-15-27)24(29)10-4-7-19-6-3-9-23-22(19)8-5-12-26-23/h3,5-6,8-9,11-13,18H,2,4,7,10,14-17H2,1H3. The first-order chi connectivity index (χ1) is 14.2. The fourth-order valence-electron chi connectivity index (χ4n) is 4.04. The van der Waals surface area contributed by atoms with Crippen molar-refractivity contribution in [2.75, 3.05) is 31.1 Å². The zero-order valence-corrected chi connectivity index (χ0v) is 17.1. The smallest absolute Gasteiger partial charge is 0.222 e. The number of amides is 1. The van der Waals surface area contributed by atoms with E-state index in [9.17, 15) is 4.79 Å². The lowest BCUT2D eigenvalue weighted by molar-refractivity contribution is -0.131. The van der Waals surface area contributed by atoms with Gasteiger partial charge in [-0.15, -0.1) is 0 Å². The number of anilines is 1. The van der Waals surface area contributed by atoms with Gasteiger partial charge in [-0.2, -0.15) is 0 Å². The van der Waals surface area contributed by atoms with Crippen LogP contribution in [0, 0.1) is 0 Å². The van der Waals surface area contributed by atoms with Crippen molar-refractivity contribution in [2.45, 2.75) is 32.6 Å². The Hall–Kier alpha value is -2.95. The molecule has 0 bridgehead atoms. The Morgan fingerprint density at radius 2 is 1.86 bits per heavy atom. The summed E-state index contributed by atoms with van der Waals surface area (Å²) in [6, 6.07) is 14.5. The summed E-state index contributed by atoms with van der Waals surface area (Å²) in [5.41, 5.74) is 4.63. The molecule has 1 aliphatic heterocycles. The van der Waals surface area contributed by atoms with Gasteiger partial charge in [-0.1, -0.05) is 25.1 Å². The lowest BCUT2D eigenvalue weighted by atomic mass is 10.0. The van der Waals surface area contributed by atoms with Crippen LogP contribution in [0.2, 0.25) is 0 Å². The maximum atomic E-state index is 12.7. The molecule has 0 atom stereocenters. The van der Waals surface area contributed by atoms with Crippen molar-refractivity contribution in [1.29, 1.82) is 0 Å². The normalized spacial score (nSPS) is 14.4. The molecule has 150 valence electrons. The number of fused-ring (bicyclic) bond motifs is 1. The predicted molar refractivity (Wildman–Crippen MR) is 117 cm³/mol. The van der Waals surface area contributed by atoms with Gasteiger partial charge < -0.3 is 9.80 Å². The number of carbonyl (C=O) groups excluding carboxylic acids is 1. The summed E-state index contributed by atoms with van der Waals surface area (Å²) in [7, 11) is 0. The minimum atomic E-state index is 0.270. The molecule has 4 rings (SSSR count). The Labute approximate surface area is 172 Å². The molecule has 5 nitrogen and oxygen atoms in total. The van der Waals surface area contributed by atoms with E-state index < -0.39 is 0 Å². The second-order valence-corrected chi connectivity index (χ2v) is 7.57. The maximum Gasteiger partial charge on any atom is 0.222 e. The number of hydrogen-bond acceptors (Lipinski definition) is 4. The maximum absolute atomic E-state index is 12.7. The van der Waals surface area contributed by atoms with Crippen molar-refractivity contribution in [3.8, 4) is 0 Å². The van der Waals surface area contributed by atoms with Crippen LogP contribution in [0.3, 0.4) is 0 Å². The van der Waals surface area contributed by atoms with E-state index in [0.29, 0.717) is 6.42 Å². The molecule has 0 aliphatic carbocycles. The van der Waals surface area contributed by atoms with Gasteiger partial charge in [0.2, 0.25) is 5.91 Å². The quantitative estimate of drug-likeness (QED) is 0.643. The number of pyridine rings is 2. The Kier molecular flexibility index (Phi) is 6.03. The highest BCUT2D eigenvalue weighted by Gasteiger charge is 2.21. The van der Waals surface area contributed by atoms with Gasteiger partial charge in [0.25, 0.3) is 0 Å². The third-order valence-corrected chi connectivity index (χ3v) is 5.73. The van der Waals surface area contributed by atoms with Gasteiger partial charge in [0.05, 0.1) is 5.52 Å². The van der Waals surface area contributed by atoms with Crippen molar-refractivity contribution in [3.05, 3.63) is 66.1 Å². The van der Waals surface area contributed by atoms with Crippen LogP contribution in [-0.4, -0.2) is 47.0 Å². The van der Waals surface area contributed by atoms with Gasteiger partial charge in [0, 0.05) is 61.8 Å². The highest BCUT2D eigenvalue weighted by atomic mass is 16.2. The van der Waals surface area contributed by atoms with E-state index in [4.69, 9.17) is 0 Å². The summed E-state index contributed by atoms with van der Waals surface area (Å²) in [4.78, 5) is 25.8. The lowest BCUT2D eigenvalue weighted by Crippen LogP contribution is -2.48. The molecule has 0 radical (unpaired) electrons. The first-order valence-electron chi connectivity index (χ1n) is 10.5. The molecule has 3 aromatic rings. The van der Waals surface area contributed by atoms with Gasteiger partial charge in [-0.05, 0) is 49.1 Å². The van der Waals surface area contributed by atoms with Gasteiger partial charge in [-0.3, -0.25) is 14.8 Å². The summed E-state index contributed by atoms with van der Waals surface area (Å²) < 4.78 is 0. The van der Waals surface area contributed by atoms with E-state index in [1.54, 1.807) is 0 Å². The SMILES string of the molecule is CCc1cc(N2CCN(C(=O)CCCc3cccc4ncccc34)CC2)ccn1. The molecular weight excluding hydrogens is 360 g/mol. The average Bonchev–Trinajstić information content (AvgIpc) is 2.79. The second-order valence-electron chi connectivity index (χ2n) is 7.57. The van der Waals surface area contributed by atoms with E-state index in [0.717, 1.165) is 56.7 Å². The molecule has 0 unspecified atom stereocenters. The highest BCUT2D eigenvalue weighted by Crippen LogP contribution is 2.20. The molecule has 5 heteroatoms. The average molecular weight is 389 g/mol. The van der Waals surface area contributed by atoms with Crippen LogP contribution in [-0.2, 0) is 17.6 Å². The van der Waals surface area contributed by atoms with Crippen LogP contribution >= 0.6 is 0 Å². The van der Waals surface area contributed by atoms with Crippen molar-refractivity contribution in [1.82, 2.24) is 14.9 Å². The number of aryl methyl sites for hydroxylation is 2. The summed E-state index contributed by atoms with van der Waals surface area (Å²) in [6.45, 7) is 5.47. The first-order valence-corrected chi connectivity index (χ1v) is 10.5. The van der Waals surface area contributed by atoms with Gasteiger partial charge >= 0.3 is 0 Å². The van der Waals surface area contributed by atoms with Crippen molar-refractivity contribution in [3.63, 3.8) is 0 Å². The zero-order chi connectivity index (χ0) is 20.1. The molecule has 0 spiro atoms. The van der Waals surface area contributed by atoms with Crippen LogP contribution in [0.4, 0.5) is 5.69 Å². The molecule has 1 aliphatic rings. The molecule has 0 N–H and O–H groups in total. The number of aromatic nitrogens is 2. The number of hydrogen-bond donors (Lipinski definition) is 0. The summed E-state index contributed by atoms with van der Waals surface area (Å²) in [5, 5.41) is 1.19. The Bertz CT molecular complexity index is 974. The zero-order valence-electron chi connectivity index (χ0n) is 17.1. The minimum absolute atomic E-state index is 0.270. The predicted octanol–water partition coefficient (Wildman–Crippen LogP) is 3.86. The first kappa shape index (κ1) is 19.4. The van der Waals surface area contributed by atoms with Crippen molar-refractivity contribution in [2.24, 2.45) is 0 Å². The van der Waals surface area contributed by atoms with Crippen LogP contribution in [0.25, 0.3) is 10.9 Å². The molecular formula is C24H28N4O. The summed E-state index contributed by atoms with van der Waals surface area (Å²) >= 11 is 0. The number of nitrogens with zero attached hydrogens (tertiary/aromatic N) is 4. The fraction of sp³-hybridized carbons (Fsp3) is 0.375. The number of rotatable bonds is 6. The van der Waals surface area contributed by atoms with Crippen LogP contribution in [0.1, 0.15) is 31.0 Å². The molecule has 1 amide bonds. The Balaban J connectivity index is 1.28. The van der Waals surface area contributed by atoms with Gasteiger partial charge in [-0.25, -0.2) is 0 Å².